The fourth-order valence-electron chi connectivity index (χ4n) is 6.08. The first-order chi connectivity index (χ1) is 27.0. The normalized spacial score (nSPS) is 14.0. The van der Waals surface area contributed by atoms with Gasteiger partial charge >= 0.3 is 5.97 Å². The third-order valence-electron chi connectivity index (χ3n) is 8.71. The molecule has 1 aliphatic rings. The molecule has 0 N–H and O–H groups in total. The first-order valence-corrected chi connectivity index (χ1v) is 18.6. The number of nitrogens with zero attached hydrogens (tertiary/aromatic N) is 8. The van der Waals surface area contributed by atoms with Crippen molar-refractivity contribution in [3.8, 4) is 23.2 Å². The third kappa shape index (κ3) is 8.05. The highest BCUT2D eigenvalue weighted by Crippen LogP contribution is 2.35. The van der Waals surface area contributed by atoms with Gasteiger partial charge in [0.05, 0.1) is 99.7 Å². The average molecular weight is 799 g/mol. The Hall–Kier alpha value is -6.30. The van der Waals surface area contributed by atoms with E-state index in [0.29, 0.717) is 36.8 Å². The van der Waals surface area contributed by atoms with E-state index in [4.69, 9.17) is 9.47 Å². The number of benzene rings is 4. The average Bonchev–Trinajstić information content (AvgIpc) is 3.86. The van der Waals surface area contributed by atoms with E-state index >= 15 is 0 Å². The van der Waals surface area contributed by atoms with Gasteiger partial charge in [0.2, 0.25) is 0 Å². The Morgan fingerprint density at radius 2 is 1.38 bits per heavy atom. The lowest BCUT2D eigenvalue weighted by Gasteiger charge is -2.39. The van der Waals surface area contributed by atoms with Crippen molar-refractivity contribution < 1.29 is 40.6 Å². The smallest absolute Gasteiger partial charge is 0.340 e. The van der Waals surface area contributed by atoms with Crippen molar-refractivity contribution in [2.24, 2.45) is 0 Å². The topological polar surface area (TPSA) is 185 Å². The first-order valence-electron chi connectivity index (χ1n) is 16.6. The number of esters is 1. The Morgan fingerprint density at radius 1 is 0.839 bits per heavy atom. The second kappa shape index (κ2) is 16.2. The van der Waals surface area contributed by atoms with Crippen molar-refractivity contribution in [1.82, 2.24) is 24.5 Å². The van der Waals surface area contributed by atoms with Crippen LogP contribution >= 0.6 is 0 Å². The number of carbonyl (C=O) groups is 1. The molecular formula is C37H28F2N8O7S2-2. The van der Waals surface area contributed by atoms with Crippen molar-refractivity contribution in [1.29, 1.82) is 5.26 Å². The predicted molar refractivity (Wildman–Crippen MR) is 198 cm³/mol. The quantitative estimate of drug-likeness (QED) is 0.112. The van der Waals surface area contributed by atoms with Crippen LogP contribution in [0.3, 0.4) is 0 Å². The monoisotopic (exact) mass is 798 g/mol. The Balaban J connectivity index is 1.02. The number of likely N-dealkylation sites (tertiary alicyclic amines) is 1. The van der Waals surface area contributed by atoms with Crippen LogP contribution in [0, 0.1) is 23.0 Å². The Bertz CT molecular complexity index is 2490. The molecule has 15 nitrogen and oxygen atoms in total. The molecule has 1 aliphatic heterocycles. The van der Waals surface area contributed by atoms with Gasteiger partial charge in [-0.05, 0) is 84.4 Å². The van der Waals surface area contributed by atoms with Crippen LogP contribution < -0.4 is 13.3 Å². The second-order valence-electron chi connectivity index (χ2n) is 12.3. The zero-order valence-corrected chi connectivity index (χ0v) is 30.7. The number of halogens is 2. The largest absolute Gasteiger partial charge is 0.755 e. The number of anilines is 4. The van der Waals surface area contributed by atoms with E-state index in [2.05, 4.69) is 16.3 Å². The number of hydrogen-bond donors (Lipinski definition) is 0. The molecule has 0 radical (unpaired) electrons. The van der Waals surface area contributed by atoms with E-state index in [1.165, 1.54) is 114 Å². The van der Waals surface area contributed by atoms with Gasteiger partial charge in [0.1, 0.15) is 29.6 Å². The van der Waals surface area contributed by atoms with E-state index in [0.717, 1.165) is 14.2 Å². The maximum absolute atomic E-state index is 13.4. The predicted octanol–water partition coefficient (Wildman–Crippen LogP) is 5.12. The number of rotatable bonds is 13. The molecule has 6 aromatic rings. The standard InChI is InChI=1S/C37H30F2N8O7S2/c1-53-37(48)34-15-32(11-13-36(34)47(56(51)52)31-18-42-45(21-31)29-9-5-27(39)6-10-29)54-33-22-43(23-33)19-24-2-12-35(25(14-24)16-40)46(55(49)50)30-17-41-44(20-30)28-7-3-26(38)4-8-28/h2-15,17-18,20-21,33H,19,22-23H2,1H3,(H,49,50)(H,51,52)/p-2. The summed E-state index contributed by atoms with van der Waals surface area (Å²) in [5, 5.41) is 18.3. The van der Waals surface area contributed by atoms with Crippen LogP contribution in [-0.4, -0.2) is 74.3 Å². The van der Waals surface area contributed by atoms with Crippen LogP contribution in [0.15, 0.2) is 110 Å². The SMILES string of the molecule is COC(=O)c1cc(OC2CN(Cc3ccc(N(c4cnn(-c5ccc(F)cc5)c4)S(=O)[O-])c(C#N)c3)C2)ccc1N(c1cnn(-c2ccc(F)cc2)c1)S(=O)[O-]. The van der Waals surface area contributed by atoms with Crippen molar-refractivity contribution in [2.75, 3.05) is 28.8 Å². The highest BCUT2D eigenvalue weighted by atomic mass is 32.2. The number of aromatic nitrogens is 4. The Labute approximate surface area is 323 Å². The molecule has 0 spiro atoms. The van der Waals surface area contributed by atoms with Gasteiger partial charge < -0.3 is 18.6 Å². The summed E-state index contributed by atoms with van der Waals surface area (Å²) in [6.45, 7) is 1.36. The molecule has 3 heterocycles. The van der Waals surface area contributed by atoms with E-state index in [-0.39, 0.29) is 40.0 Å². The summed E-state index contributed by atoms with van der Waals surface area (Å²) >= 11 is -5.70. The molecule has 0 saturated carbocycles. The van der Waals surface area contributed by atoms with Gasteiger partial charge in [-0.25, -0.2) is 22.9 Å². The first kappa shape index (κ1) is 38.0. The number of hydrogen-bond acceptors (Lipinski definition) is 11. The summed E-state index contributed by atoms with van der Waals surface area (Å²) in [4.78, 5) is 14.9. The number of carbonyl (C=O) groups excluding carboxylic acids is 1. The summed E-state index contributed by atoms with van der Waals surface area (Å²) in [5.74, 6) is -1.39. The van der Waals surface area contributed by atoms with Gasteiger partial charge in [-0.1, -0.05) is 6.07 Å². The summed E-state index contributed by atoms with van der Waals surface area (Å²) in [7, 11) is 1.17. The van der Waals surface area contributed by atoms with E-state index in [1.54, 1.807) is 12.1 Å². The van der Waals surface area contributed by atoms with Gasteiger partial charge in [0.15, 0.2) is 0 Å². The summed E-state index contributed by atoms with van der Waals surface area (Å²) < 4.78 is 92.2. The fourth-order valence-corrected chi connectivity index (χ4v) is 7.25. The van der Waals surface area contributed by atoms with Gasteiger partial charge in [-0.15, -0.1) is 0 Å². The zero-order valence-electron chi connectivity index (χ0n) is 29.1. The highest BCUT2D eigenvalue weighted by Gasteiger charge is 2.30. The zero-order chi connectivity index (χ0) is 39.5. The Morgan fingerprint density at radius 3 is 1.89 bits per heavy atom. The minimum absolute atomic E-state index is 0.00995. The molecule has 2 atom stereocenters. The molecule has 0 amide bonds. The lowest BCUT2D eigenvalue weighted by Crippen LogP contribution is -2.53. The van der Waals surface area contributed by atoms with Crippen molar-refractivity contribution in [3.63, 3.8) is 0 Å². The third-order valence-corrected chi connectivity index (χ3v) is 10.1. The molecular weight excluding hydrogens is 771 g/mol. The van der Waals surface area contributed by atoms with Crippen LogP contribution in [-0.2, 0) is 33.8 Å². The van der Waals surface area contributed by atoms with Gasteiger partial charge in [0, 0.05) is 19.6 Å². The lowest BCUT2D eigenvalue weighted by molar-refractivity contribution is 0.0144. The van der Waals surface area contributed by atoms with Crippen LogP contribution in [0.1, 0.15) is 21.5 Å². The maximum Gasteiger partial charge on any atom is 0.340 e. The molecule has 56 heavy (non-hydrogen) atoms. The molecule has 4 aromatic carbocycles. The van der Waals surface area contributed by atoms with E-state index < -0.39 is 40.1 Å². The van der Waals surface area contributed by atoms with Crippen LogP contribution in [0.25, 0.3) is 11.4 Å². The molecule has 7 rings (SSSR count). The second-order valence-corrected chi connectivity index (χ2v) is 13.9. The Kier molecular flexibility index (Phi) is 11.0. The highest BCUT2D eigenvalue weighted by molar-refractivity contribution is 7.81. The van der Waals surface area contributed by atoms with Crippen LogP contribution in [0.5, 0.6) is 5.75 Å². The summed E-state index contributed by atoms with van der Waals surface area (Å²) in [5.41, 5.74) is 2.16. The molecule has 286 valence electrons. The lowest BCUT2D eigenvalue weighted by atomic mass is 10.1. The maximum atomic E-state index is 13.4. The molecule has 0 bridgehead atoms. The number of ether oxygens (including phenoxy) is 2. The van der Waals surface area contributed by atoms with Crippen molar-refractivity contribution in [2.45, 2.75) is 12.6 Å². The van der Waals surface area contributed by atoms with E-state index in [9.17, 15) is 36.4 Å². The molecule has 0 aliphatic carbocycles. The number of nitriles is 1. The molecule has 2 aromatic heterocycles. The van der Waals surface area contributed by atoms with Crippen LogP contribution in [0.2, 0.25) is 0 Å². The van der Waals surface area contributed by atoms with E-state index in [1.807, 2.05) is 4.90 Å². The molecule has 19 heteroatoms. The molecule has 1 saturated heterocycles. The fraction of sp³-hybridized carbons (Fsp3) is 0.135. The molecule has 2 unspecified atom stereocenters. The minimum Gasteiger partial charge on any atom is -0.755 e. The van der Waals surface area contributed by atoms with Gasteiger partial charge in [-0.3, -0.25) is 21.9 Å². The van der Waals surface area contributed by atoms with Crippen LogP contribution in [0.4, 0.5) is 31.5 Å². The summed E-state index contributed by atoms with van der Waals surface area (Å²) in [6.07, 6.45) is 5.18. The van der Waals surface area contributed by atoms with Crippen molar-refractivity contribution >= 4 is 51.3 Å². The van der Waals surface area contributed by atoms with Gasteiger partial charge in [0.25, 0.3) is 0 Å². The minimum atomic E-state index is -2.89. The summed E-state index contributed by atoms with van der Waals surface area (Å²) in [6, 6.07) is 22.2. The van der Waals surface area contributed by atoms with Gasteiger partial charge in [-0.2, -0.15) is 15.5 Å². The molecule has 1 fully saturated rings. The number of methoxy groups -OCH3 is 1. The van der Waals surface area contributed by atoms with Crippen molar-refractivity contribution in [3.05, 3.63) is 138 Å².